The lowest BCUT2D eigenvalue weighted by atomic mass is 9.89. The van der Waals surface area contributed by atoms with Crippen molar-refractivity contribution in [2.75, 3.05) is 91.0 Å². The highest BCUT2D eigenvalue weighted by atomic mass is 79.9. The molecule has 7 N–H and O–H groups in total. The molecule has 4 aromatic heterocycles. The van der Waals surface area contributed by atoms with Crippen LogP contribution >= 0.6 is 27.5 Å². The summed E-state index contributed by atoms with van der Waals surface area (Å²) in [6, 6.07) is 15.1. The van der Waals surface area contributed by atoms with E-state index in [4.69, 9.17) is 31.2 Å². The number of nitrogens with zero attached hydrogens (tertiary/aromatic N) is 7. The van der Waals surface area contributed by atoms with Crippen molar-refractivity contribution in [1.82, 2.24) is 40.0 Å². The molecule has 5 atom stereocenters. The Morgan fingerprint density at radius 3 is 1.39 bits per heavy atom. The molecule has 5 fully saturated rings. The Kier molecular flexibility index (Phi) is 29.1. The predicted octanol–water partition coefficient (Wildman–Crippen LogP) is 11.7. The summed E-state index contributed by atoms with van der Waals surface area (Å²) in [6.45, 7) is 18.3. The maximum atomic E-state index is 13.6. The van der Waals surface area contributed by atoms with Gasteiger partial charge in [0.1, 0.15) is 46.5 Å². The number of carbonyl (C=O) groups excluding carboxylic acids is 5. The second-order valence-electron chi connectivity index (χ2n) is 30.5. The number of sulfonamides is 2. The minimum atomic E-state index is -4.40. The first kappa shape index (κ1) is 88.3. The van der Waals surface area contributed by atoms with Gasteiger partial charge in [0.2, 0.25) is 11.8 Å². The number of hydrogen-bond donors (Lipinski definition) is 7. The molecule has 0 aliphatic carbocycles. The molecule has 108 heavy (non-hydrogen) atoms. The highest BCUT2D eigenvalue weighted by Gasteiger charge is 2.50. The van der Waals surface area contributed by atoms with E-state index >= 15 is 0 Å². The van der Waals surface area contributed by atoms with Gasteiger partial charge in [0, 0.05) is 83.1 Å². The molecule has 11 heterocycles. The number of ether oxygens (including phenoxy) is 2. The number of pyridine rings is 4. The normalized spacial score (nSPS) is 22.7. The van der Waals surface area contributed by atoms with Gasteiger partial charge >= 0.3 is 18.5 Å². The number of aliphatic hydroxyl groups excluding tert-OH is 1. The van der Waals surface area contributed by atoms with Gasteiger partial charge in [-0.2, -0.15) is 56.3 Å². The Bertz CT molecular complexity index is 4070. The second kappa shape index (κ2) is 35.6. The van der Waals surface area contributed by atoms with Gasteiger partial charge in [-0.3, -0.25) is 28.9 Å². The van der Waals surface area contributed by atoms with Crippen LogP contribution in [0, 0.1) is 28.1 Å². The quantitative estimate of drug-likeness (QED) is 0.0417. The van der Waals surface area contributed by atoms with E-state index < -0.39 is 96.9 Å². The highest BCUT2D eigenvalue weighted by molar-refractivity contribution is 9.10. The lowest BCUT2D eigenvalue weighted by Crippen LogP contribution is -2.41. The number of carbonyl (C=O) groups is 5. The second-order valence-corrected chi connectivity index (χ2v) is 35.3. The average Bonchev–Trinajstić information content (AvgIpc) is 1.61. The maximum Gasteiger partial charge on any atom is 0.394 e. The van der Waals surface area contributed by atoms with Crippen molar-refractivity contribution in [2.24, 2.45) is 28.1 Å². The fourth-order valence-corrected chi connectivity index (χ4v) is 15.0. The summed E-state index contributed by atoms with van der Waals surface area (Å²) >= 11 is 9.33. The van der Waals surface area contributed by atoms with Gasteiger partial charge in [-0.05, 0) is 159 Å². The number of nitrogens with one attached hydrogen (secondary N) is 6. The summed E-state index contributed by atoms with van der Waals surface area (Å²) in [5, 5.41) is 19.6. The van der Waals surface area contributed by atoms with Crippen molar-refractivity contribution in [3.63, 3.8) is 0 Å². The van der Waals surface area contributed by atoms with Crippen LogP contribution < -0.4 is 45.4 Å². The number of halogens is 11. The summed E-state index contributed by atoms with van der Waals surface area (Å²) in [4.78, 5) is 84.4. The van der Waals surface area contributed by atoms with E-state index in [1.165, 1.54) is 41.3 Å². The molecule has 602 valence electrons. The summed E-state index contributed by atoms with van der Waals surface area (Å²) in [5.41, 5.74) is -5.99. The smallest absolute Gasteiger partial charge is 0.394 e. The van der Waals surface area contributed by atoms with Gasteiger partial charge in [0.15, 0.2) is 10.1 Å². The first-order valence-electron chi connectivity index (χ1n) is 35.3. The summed E-state index contributed by atoms with van der Waals surface area (Å²) in [5.74, 6) is 0.233. The van der Waals surface area contributed by atoms with Crippen molar-refractivity contribution in [3.05, 3.63) is 76.9 Å². The van der Waals surface area contributed by atoms with Crippen LogP contribution in [-0.2, 0) is 43.9 Å². The zero-order valence-corrected chi connectivity index (χ0v) is 65.7. The van der Waals surface area contributed by atoms with Crippen LogP contribution in [0.5, 0.6) is 0 Å². The van der Waals surface area contributed by atoms with Gasteiger partial charge < -0.3 is 45.6 Å². The first-order valence-corrected chi connectivity index (χ1v) is 39.6. The van der Waals surface area contributed by atoms with Crippen LogP contribution in [0.1, 0.15) is 167 Å². The SMILES string of the molecule is CC(C)(CCO)C(F)(F)F.CC(C)(CCOC1CCNC1=O)C(F)(F)F.CC1(C)C[C@@H]2CCCNc3cccc(n3)S(=O)(=O)NC(=O)c3ccc(Cl)nc3N1C2.CC1(C)C[C@@H]2CCCNc3cccc(n3)S(=O)(=O)NC(=O)c3ccc(N4CCC(OCCC(C)(C)C(F)(F)F)C4=O)nc3N1C2.O=C1NCCC1Br. The molecule has 25 nitrogen and oxygen atoms in total. The van der Waals surface area contributed by atoms with Crippen molar-refractivity contribution in [3.8, 4) is 0 Å². The summed E-state index contributed by atoms with van der Waals surface area (Å²) in [6.07, 6.45) is -7.96. The van der Waals surface area contributed by atoms with Crippen molar-refractivity contribution < 1.29 is 94.9 Å². The third-order valence-electron chi connectivity index (χ3n) is 19.8. The molecule has 0 aromatic carbocycles. The van der Waals surface area contributed by atoms with Crippen LogP contribution in [0.25, 0.3) is 0 Å². The van der Waals surface area contributed by atoms with Gasteiger partial charge in [-0.1, -0.05) is 81.2 Å². The topological polar surface area (TPSA) is 326 Å². The minimum absolute atomic E-state index is 0.0222. The molecule has 0 radical (unpaired) electrons. The molecule has 5 saturated heterocycles. The monoisotopic (exact) mass is 1660 g/mol. The number of aliphatic hydroxyl groups is 1. The molecule has 7 aliphatic heterocycles. The van der Waals surface area contributed by atoms with Crippen molar-refractivity contribution in [1.29, 1.82) is 0 Å². The molecule has 0 spiro atoms. The first-order chi connectivity index (χ1) is 50.0. The van der Waals surface area contributed by atoms with E-state index in [1.54, 1.807) is 24.3 Å². The number of amides is 5. The fourth-order valence-electron chi connectivity index (χ4n) is 12.6. The molecule has 8 bridgehead atoms. The molecule has 11 rings (SSSR count). The number of alkyl halides is 10. The van der Waals surface area contributed by atoms with Gasteiger partial charge in [-0.25, -0.2) is 29.4 Å². The Balaban J connectivity index is 0.000000219. The molecular weight excluding hydrogens is 1570 g/mol. The maximum absolute atomic E-state index is 13.6. The average molecular weight is 1660 g/mol. The lowest BCUT2D eigenvalue weighted by Gasteiger charge is -2.34. The fraction of sp³-hybridized carbons (Fsp3) is 0.643. The zero-order chi connectivity index (χ0) is 80.4. The number of fused-ring (bicyclic) bond motifs is 12. The number of hydrogen-bond acceptors (Lipinski definition) is 20. The third kappa shape index (κ3) is 23.1. The van der Waals surface area contributed by atoms with Crippen LogP contribution in [-0.4, -0.2) is 184 Å². The Morgan fingerprint density at radius 2 is 0.981 bits per heavy atom. The summed E-state index contributed by atoms with van der Waals surface area (Å²) < 4.78 is 180. The molecule has 38 heteroatoms. The Hall–Kier alpha value is -6.93. The zero-order valence-electron chi connectivity index (χ0n) is 61.8. The van der Waals surface area contributed by atoms with Crippen LogP contribution in [0.4, 0.5) is 68.6 Å². The van der Waals surface area contributed by atoms with Crippen LogP contribution in [0.15, 0.2) is 70.7 Å². The van der Waals surface area contributed by atoms with E-state index in [1.807, 2.05) is 18.7 Å². The predicted molar refractivity (Wildman–Crippen MR) is 391 cm³/mol. The van der Waals surface area contributed by atoms with Crippen molar-refractivity contribution in [2.45, 2.75) is 203 Å². The molecule has 7 aliphatic rings. The van der Waals surface area contributed by atoms with Crippen molar-refractivity contribution >= 4 is 106 Å². The van der Waals surface area contributed by atoms with Gasteiger partial charge in [0.25, 0.3) is 37.8 Å². The third-order valence-corrected chi connectivity index (χ3v) is 23.4. The number of rotatable bonds is 11. The lowest BCUT2D eigenvalue weighted by molar-refractivity contribution is -0.217. The number of aromatic nitrogens is 4. The Morgan fingerprint density at radius 1 is 0.546 bits per heavy atom. The standard InChI is InChI=1S/C30H39F3N6O5S.C20H24ClN5O3S.C10H16F3NO2.C6H11F3O.C4H6BrNO/c1-28(2,30(31,32)33)13-16-44-21-12-15-38(27(21)41)23-11-10-20-25(36-23)39-18-19(17-29(39,3)4)7-6-14-34-22-8-5-9-24(35-22)45(42,43)37-26(20)40;1-20(2)11-13-5-4-10-22-16-6-3-7-17(24-16)30(28,29)25-19(27)14-8-9-15(21)23-18(14)26(20)12-13;1-9(2,10(11,12)13)4-6-16-7-3-5-14-8(7)15;1-5(2,3-4-10)6(7,8)9;5-3-1-2-6-4(3)7/h5,8-11,19,21H,6-7,12-18H2,1-4H3,(H,34,35)(H,37,40);3,6-9,13H,4-5,10-12H2,1-2H3,(H,22,24)(H,25,27);7H,3-6H2,1-2H3,(H,14,15);10H,3-4H2,1-2H3;3H,1-2H2,(H,6,7)/t19-,21?;13-;;;/m00.../s1. The van der Waals surface area contributed by atoms with E-state index in [0.29, 0.717) is 56.0 Å². The molecule has 3 unspecified atom stereocenters. The molecule has 4 aromatic rings. The Labute approximate surface area is 636 Å². The van der Waals surface area contributed by atoms with E-state index in [9.17, 15) is 80.3 Å². The molecule has 5 amide bonds. The van der Waals surface area contributed by atoms with Crippen LogP contribution in [0.3, 0.4) is 0 Å². The minimum Gasteiger partial charge on any atom is -0.396 e. The highest BCUT2D eigenvalue weighted by Crippen LogP contribution is 2.45. The largest absolute Gasteiger partial charge is 0.396 e. The molecular formula is C70H96BrClF9N13O12S2. The summed E-state index contributed by atoms with van der Waals surface area (Å²) in [7, 11) is -8.49. The van der Waals surface area contributed by atoms with Crippen LogP contribution in [0.2, 0.25) is 5.15 Å². The number of anilines is 5. The van der Waals surface area contributed by atoms with Gasteiger partial charge in [0.05, 0.1) is 32.2 Å². The van der Waals surface area contributed by atoms with Gasteiger partial charge in [-0.15, -0.1) is 0 Å². The van der Waals surface area contributed by atoms with E-state index in [-0.39, 0.29) is 112 Å². The molecule has 0 saturated carbocycles. The van der Waals surface area contributed by atoms with E-state index in [2.05, 4.69) is 80.3 Å². The van der Waals surface area contributed by atoms with E-state index in [0.717, 1.165) is 99.6 Å².